The van der Waals surface area contributed by atoms with Crippen LogP contribution in [0.2, 0.25) is 0 Å². The van der Waals surface area contributed by atoms with Gasteiger partial charge in [0.1, 0.15) is 5.56 Å². The molecule has 0 aliphatic heterocycles. The molecule has 0 spiro atoms. The second-order valence-electron chi connectivity index (χ2n) is 4.36. The average Bonchev–Trinajstić information content (AvgIpc) is 3.09. The molecule has 0 heterocycles. The monoisotopic (exact) mass is 252 g/mol. The number of nitrogens with zero attached hydrogens (tertiary/aromatic N) is 1. The number of anilines is 1. The third-order valence-corrected chi connectivity index (χ3v) is 2.99. The van der Waals surface area contributed by atoms with Crippen molar-refractivity contribution in [1.29, 1.82) is 0 Å². The molecule has 1 aromatic carbocycles. The smallest absolute Gasteiger partial charge is 0.342 e. The maximum absolute atomic E-state index is 10.8. The molecule has 18 heavy (non-hydrogen) atoms. The first-order valence-corrected chi connectivity index (χ1v) is 5.38. The molecule has 1 aliphatic carbocycles. The molecule has 0 atom stereocenters. The van der Waals surface area contributed by atoms with Gasteiger partial charge in [0, 0.05) is 11.8 Å². The highest BCUT2D eigenvalue weighted by molar-refractivity contribution is 5.93. The number of nitro benzene ring substituents is 1. The Hall–Kier alpha value is -2.15. The summed E-state index contributed by atoms with van der Waals surface area (Å²) in [5.41, 5.74) is -0.766. The van der Waals surface area contributed by atoms with Crippen LogP contribution in [0.25, 0.3) is 0 Å². The number of rotatable bonds is 5. The van der Waals surface area contributed by atoms with Crippen LogP contribution in [0.1, 0.15) is 23.2 Å². The molecule has 1 fully saturated rings. The van der Waals surface area contributed by atoms with E-state index in [-0.39, 0.29) is 12.2 Å². The average molecular weight is 252 g/mol. The zero-order valence-electron chi connectivity index (χ0n) is 9.42. The number of nitro groups is 1. The largest absolute Gasteiger partial charge is 0.477 e. The van der Waals surface area contributed by atoms with Crippen molar-refractivity contribution in [2.24, 2.45) is 0 Å². The molecule has 1 aromatic rings. The Kier molecular flexibility index (Phi) is 2.92. The summed E-state index contributed by atoms with van der Waals surface area (Å²) in [4.78, 5) is 20.9. The van der Waals surface area contributed by atoms with Crippen molar-refractivity contribution in [2.45, 2.75) is 18.4 Å². The predicted molar refractivity (Wildman–Crippen MR) is 62.7 cm³/mol. The normalized spacial score (nSPS) is 16.1. The van der Waals surface area contributed by atoms with Crippen molar-refractivity contribution in [3.8, 4) is 0 Å². The Morgan fingerprint density at radius 3 is 2.61 bits per heavy atom. The van der Waals surface area contributed by atoms with Gasteiger partial charge in [-0.3, -0.25) is 10.1 Å². The molecule has 0 aromatic heterocycles. The first-order chi connectivity index (χ1) is 8.47. The second-order valence-corrected chi connectivity index (χ2v) is 4.36. The molecule has 3 N–H and O–H groups in total. The minimum absolute atomic E-state index is 0.0541. The highest BCUT2D eigenvalue weighted by atomic mass is 16.6. The maximum atomic E-state index is 10.8. The van der Waals surface area contributed by atoms with Crippen LogP contribution in [-0.2, 0) is 0 Å². The fourth-order valence-corrected chi connectivity index (χ4v) is 1.72. The molecule has 96 valence electrons. The van der Waals surface area contributed by atoms with Crippen molar-refractivity contribution in [3.63, 3.8) is 0 Å². The van der Waals surface area contributed by atoms with Crippen LogP contribution in [0.5, 0.6) is 0 Å². The summed E-state index contributed by atoms with van der Waals surface area (Å²) >= 11 is 0. The SMILES string of the molecule is O=C(O)c1ccc(NC2(CO)CC2)cc1[N+](=O)[O-]. The Morgan fingerprint density at radius 2 is 2.17 bits per heavy atom. The van der Waals surface area contributed by atoms with E-state index in [1.54, 1.807) is 0 Å². The third-order valence-electron chi connectivity index (χ3n) is 2.99. The summed E-state index contributed by atoms with van der Waals surface area (Å²) in [6, 6.07) is 3.83. The van der Waals surface area contributed by atoms with Crippen molar-refractivity contribution in [1.82, 2.24) is 0 Å². The number of carboxylic acid groups (broad SMARTS) is 1. The van der Waals surface area contributed by atoms with Crippen molar-refractivity contribution in [2.75, 3.05) is 11.9 Å². The lowest BCUT2D eigenvalue weighted by molar-refractivity contribution is -0.385. The first-order valence-electron chi connectivity index (χ1n) is 5.38. The molecule has 0 unspecified atom stereocenters. The molecular weight excluding hydrogens is 240 g/mol. The minimum Gasteiger partial charge on any atom is -0.477 e. The van der Waals surface area contributed by atoms with E-state index in [2.05, 4.69) is 5.32 Å². The molecule has 7 heteroatoms. The number of benzene rings is 1. The fraction of sp³-hybridized carbons (Fsp3) is 0.364. The second kappa shape index (κ2) is 4.26. The Bertz CT molecular complexity index is 510. The predicted octanol–water partition coefficient (Wildman–Crippen LogP) is 1.23. The summed E-state index contributed by atoms with van der Waals surface area (Å²) in [5, 5.41) is 31.8. The Labute approximate surface area is 102 Å². The molecule has 7 nitrogen and oxygen atoms in total. The van der Waals surface area contributed by atoms with Gasteiger partial charge in [-0.2, -0.15) is 0 Å². The van der Waals surface area contributed by atoms with Gasteiger partial charge in [0.2, 0.25) is 0 Å². The van der Waals surface area contributed by atoms with Gasteiger partial charge in [-0.1, -0.05) is 0 Å². The summed E-state index contributed by atoms with van der Waals surface area (Å²) in [5.74, 6) is -1.34. The number of nitrogens with one attached hydrogen (secondary N) is 1. The Morgan fingerprint density at radius 1 is 1.50 bits per heavy atom. The molecule has 0 amide bonds. The number of aromatic carboxylic acids is 1. The van der Waals surface area contributed by atoms with E-state index in [1.807, 2.05) is 0 Å². The van der Waals surface area contributed by atoms with Crippen LogP contribution in [0, 0.1) is 10.1 Å². The molecule has 0 radical (unpaired) electrons. The van der Waals surface area contributed by atoms with Crippen LogP contribution in [0.3, 0.4) is 0 Å². The van der Waals surface area contributed by atoms with Crippen LogP contribution in [-0.4, -0.2) is 33.3 Å². The van der Waals surface area contributed by atoms with Gasteiger partial charge in [-0.05, 0) is 25.0 Å². The van der Waals surface area contributed by atoms with E-state index in [9.17, 15) is 14.9 Å². The lowest BCUT2D eigenvalue weighted by Crippen LogP contribution is -2.25. The van der Waals surface area contributed by atoms with E-state index in [0.717, 1.165) is 12.8 Å². The molecular formula is C11H12N2O5. The molecule has 0 saturated heterocycles. The standard InChI is InChI=1S/C11H12N2O5/c14-6-11(3-4-11)12-7-1-2-8(10(15)16)9(5-7)13(17)18/h1-2,5,12,14H,3-4,6H2,(H,15,16). The summed E-state index contributed by atoms with van der Waals surface area (Å²) in [6.07, 6.45) is 1.58. The number of carboxylic acids is 1. The first kappa shape index (κ1) is 12.3. The lowest BCUT2D eigenvalue weighted by atomic mass is 10.1. The van der Waals surface area contributed by atoms with E-state index in [1.165, 1.54) is 18.2 Å². The number of aliphatic hydroxyl groups excluding tert-OH is 1. The number of hydrogen-bond donors (Lipinski definition) is 3. The van der Waals surface area contributed by atoms with Crippen LogP contribution >= 0.6 is 0 Å². The van der Waals surface area contributed by atoms with E-state index < -0.39 is 22.1 Å². The topological polar surface area (TPSA) is 113 Å². The molecule has 1 saturated carbocycles. The molecule has 1 aliphatic rings. The van der Waals surface area contributed by atoms with Crippen molar-refractivity contribution < 1.29 is 19.9 Å². The molecule has 0 bridgehead atoms. The van der Waals surface area contributed by atoms with E-state index in [4.69, 9.17) is 10.2 Å². The van der Waals surface area contributed by atoms with Crippen LogP contribution in [0.4, 0.5) is 11.4 Å². The number of aliphatic hydroxyl groups is 1. The van der Waals surface area contributed by atoms with Gasteiger partial charge in [0.25, 0.3) is 5.69 Å². The van der Waals surface area contributed by atoms with Crippen LogP contribution < -0.4 is 5.32 Å². The lowest BCUT2D eigenvalue weighted by Gasteiger charge is -2.15. The number of hydrogen-bond acceptors (Lipinski definition) is 5. The van der Waals surface area contributed by atoms with E-state index >= 15 is 0 Å². The van der Waals surface area contributed by atoms with Gasteiger partial charge >= 0.3 is 5.97 Å². The zero-order valence-corrected chi connectivity index (χ0v) is 9.42. The third kappa shape index (κ3) is 2.25. The molecule has 2 rings (SSSR count). The fourth-order valence-electron chi connectivity index (χ4n) is 1.72. The quantitative estimate of drug-likeness (QED) is 0.536. The van der Waals surface area contributed by atoms with Crippen molar-refractivity contribution in [3.05, 3.63) is 33.9 Å². The highest BCUT2D eigenvalue weighted by Gasteiger charge is 2.42. The zero-order chi connectivity index (χ0) is 13.3. The summed E-state index contributed by atoms with van der Waals surface area (Å²) in [6.45, 7) is -0.0541. The van der Waals surface area contributed by atoms with Gasteiger partial charge in [0.05, 0.1) is 17.1 Å². The van der Waals surface area contributed by atoms with Crippen LogP contribution in [0.15, 0.2) is 18.2 Å². The maximum Gasteiger partial charge on any atom is 0.342 e. The van der Waals surface area contributed by atoms with Gasteiger partial charge in [0.15, 0.2) is 0 Å². The van der Waals surface area contributed by atoms with Crippen molar-refractivity contribution >= 4 is 17.3 Å². The summed E-state index contributed by atoms with van der Waals surface area (Å²) < 4.78 is 0. The number of carbonyl (C=O) groups is 1. The highest BCUT2D eigenvalue weighted by Crippen LogP contribution is 2.39. The minimum atomic E-state index is -1.34. The van der Waals surface area contributed by atoms with Gasteiger partial charge < -0.3 is 15.5 Å². The van der Waals surface area contributed by atoms with E-state index in [0.29, 0.717) is 5.69 Å². The summed E-state index contributed by atoms with van der Waals surface area (Å²) in [7, 11) is 0. The Balaban J connectivity index is 2.31. The van der Waals surface area contributed by atoms with Gasteiger partial charge in [-0.15, -0.1) is 0 Å². The van der Waals surface area contributed by atoms with Gasteiger partial charge in [-0.25, -0.2) is 4.79 Å².